The van der Waals surface area contributed by atoms with Crippen molar-refractivity contribution < 1.29 is 14.5 Å². The molecule has 31 heavy (non-hydrogen) atoms. The first-order valence-corrected chi connectivity index (χ1v) is 9.71. The minimum Gasteiger partial charge on any atom is -0.322 e. The Labute approximate surface area is 180 Å². The van der Waals surface area contributed by atoms with Crippen molar-refractivity contribution >= 4 is 28.9 Å². The Bertz CT molecular complexity index is 1110. The topological polar surface area (TPSA) is 101 Å². The highest BCUT2D eigenvalue weighted by atomic mass is 16.6. The van der Waals surface area contributed by atoms with Crippen molar-refractivity contribution in [1.82, 2.24) is 0 Å². The van der Waals surface area contributed by atoms with E-state index in [1.54, 1.807) is 36.4 Å². The summed E-state index contributed by atoms with van der Waals surface area (Å²) < 4.78 is 0. The van der Waals surface area contributed by atoms with Gasteiger partial charge in [-0.25, -0.2) is 0 Å². The highest BCUT2D eigenvalue weighted by Gasteiger charge is 2.15. The van der Waals surface area contributed by atoms with Crippen molar-refractivity contribution in [2.24, 2.45) is 0 Å². The zero-order valence-corrected chi connectivity index (χ0v) is 17.5. The van der Waals surface area contributed by atoms with Crippen LogP contribution in [0.4, 0.5) is 17.1 Å². The van der Waals surface area contributed by atoms with E-state index >= 15 is 0 Å². The molecule has 0 spiro atoms. The standard InChI is InChI=1S/C24H23N3O4/c1-24(2,3)18-9-7-16(8-10-18)22(28)25-19-11-13-20(14-12-19)26-23(29)17-5-4-6-21(15-17)27(30)31/h4-15H,1-3H3,(H,25,28)(H,26,29). The minimum absolute atomic E-state index is 0.0138. The molecular weight excluding hydrogens is 394 g/mol. The van der Waals surface area contributed by atoms with Crippen LogP contribution in [0.1, 0.15) is 47.1 Å². The summed E-state index contributed by atoms with van der Waals surface area (Å²) in [5, 5.41) is 16.4. The molecule has 0 saturated heterocycles. The first-order chi connectivity index (χ1) is 14.6. The Hall–Kier alpha value is -4.00. The van der Waals surface area contributed by atoms with Gasteiger partial charge in [-0.15, -0.1) is 0 Å². The van der Waals surface area contributed by atoms with Crippen LogP contribution in [-0.2, 0) is 5.41 Å². The first-order valence-electron chi connectivity index (χ1n) is 9.71. The van der Waals surface area contributed by atoms with Gasteiger partial charge in [-0.1, -0.05) is 39.0 Å². The predicted molar refractivity (Wildman–Crippen MR) is 121 cm³/mol. The molecule has 3 rings (SSSR count). The Morgan fingerprint density at radius 2 is 1.29 bits per heavy atom. The molecule has 0 radical (unpaired) electrons. The molecule has 0 saturated carbocycles. The zero-order chi connectivity index (χ0) is 22.6. The summed E-state index contributed by atoms with van der Waals surface area (Å²) in [5.74, 6) is -0.687. The summed E-state index contributed by atoms with van der Waals surface area (Å²) in [7, 11) is 0. The fraction of sp³-hybridized carbons (Fsp3) is 0.167. The Balaban J connectivity index is 1.63. The molecule has 0 unspecified atom stereocenters. The van der Waals surface area contributed by atoms with Gasteiger partial charge >= 0.3 is 0 Å². The summed E-state index contributed by atoms with van der Waals surface area (Å²) in [5.41, 5.74) is 2.83. The van der Waals surface area contributed by atoms with E-state index in [0.29, 0.717) is 16.9 Å². The van der Waals surface area contributed by atoms with Crippen LogP contribution in [0, 0.1) is 10.1 Å². The zero-order valence-electron chi connectivity index (χ0n) is 17.5. The summed E-state index contributed by atoms with van der Waals surface area (Å²) >= 11 is 0. The highest BCUT2D eigenvalue weighted by Crippen LogP contribution is 2.23. The molecule has 0 aliphatic carbocycles. The van der Waals surface area contributed by atoms with Gasteiger partial charge in [0, 0.05) is 34.6 Å². The quantitative estimate of drug-likeness (QED) is 0.429. The third-order valence-corrected chi connectivity index (χ3v) is 4.73. The van der Waals surface area contributed by atoms with Crippen molar-refractivity contribution in [3.63, 3.8) is 0 Å². The smallest absolute Gasteiger partial charge is 0.270 e. The monoisotopic (exact) mass is 417 g/mol. The molecule has 0 heterocycles. The lowest BCUT2D eigenvalue weighted by molar-refractivity contribution is -0.384. The Morgan fingerprint density at radius 3 is 1.77 bits per heavy atom. The Morgan fingerprint density at radius 1 is 0.774 bits per heavy atom. The number of carbonyl (C=O) groups is 2. The summed E-state index contributed by atoms with van der Waals surface area (Å²) in [4.78, 5) is 35.1. The van der Waals surface area contributed by atoms with E-state index in [2.05, 4.69) is 31.4 Å². The maximum atomic E-state index is 12.5. The van der Waals surface area contributed by atoms with Gasteiger partial charge in [0.2, 0.25) is 0 Å². The molecule has 7 heteroatoms. The van der Waals surface area contributed by atoms with E-state index in [0.717, 1.165) is 5.56 Å². The maximum absolute atomic E-state index is 12.5. The van der Waals surface area contributed by atoms with Crippen LogP contribution in [-0.4, -0.2) is 16.7 Å². The molecule has 0 fully saturated rings. The van der Waals surface area contributed by atoms with Gasteiger partial charge in [-0.05, 0) is 53.4 Å². The first kappa shape index (κ1) is 21.7. The number of anilines is 2. The molecule has 0 aliphatic heterocycles. The van der Waals surface area contributed by atoms with Crippen LogP contribution in [0.5, 0.6) is 0 Å². The summed E-state index contributed by atoms with van der Waals surface area (Å²) in [6.45, 7) is 6.34. The van der Waals surface area contributed by atoms with Gasteiger partial charge < -0.3 is 10.6 Å². The molecule has 0 aliphatic rings. The Kier molecular flexibility index (Phi) is 6.15. The molecular formula is C24H23N3O4. The molecule has 3 aromatic rings. The fourth-order valence-electron chi connectivity index (χ4n) is 2.93. The van der Waals surface area contributed by atoms with E-state index in [9.17, 15) is 19.7 Å². The molecule has 158 valence electrons. The van der Waals surface area contributed by atoms with Crippen LogP contribution in [0.25, 0.3) is 0 Å². The lowest BCUT2D eigenvalue weighted by atomic mass is 9.87. The third-order valence-electron chi connectivity index (χ3n) is 4.73. The van der Waals surface area contributed by atoms with E-state index in [-0.39, 0.29) is 22.6 Å². The molecule has 3 aromatic carbocycles. The van der Waals surface area contributed by atoms with Gasteiger partial charge in [-0.2, -0.15) is 0 Å². The lowest BCUT2D eigenvalue weighted by Crippen LogP contribution is -2.14. The largest absolute Gasteiger partial charge is 0.322 e. The average Bonchev–Trinajstić information content (AvgIpc) is 2.74. The number of non-ortho nitro benzene ring substituents is 1. The normalized spacial score (nSPS) is 10.9. The highest BCUT2D eigenvalue weighted by molar-refractivity contribution is 6.06. The van der Waals surface area contributed by atoms with Crippen LogP contribution < -0.4 is 10.6 Å². The van der Waals surface area contributed by atoms with E-state index in [4.69, 9.17) is 0 Å². The lowest BCUT2D eigenvalue weighted by Gasteiger charge is -2.19. The van der Waals surface area contributed by atoms with E-state index in [1.165, 1.54) is 24.3 Å². The number of nitrogens with one attached hydrogen (secondary N) is 2. The molecule has 2 N–H and O–H groups in total. The van der Waals surface area contributed by atoms with Gasteiger partial charge in [0.25, 0.3) is 17.5 Å². The predicted octanol–water partition coefficient (Wildman–Crippen LogP) is 5.40. The maximum Gasteiger partial charge on any atom is 0.270 e. The molecule has 0 atom stereocenters. The fourth-order valence-corrected chi connectivity index (χ4v) is 2.93. The van der Waals surface area contributed by atoms with Crippen molar-refractivity contribution in [3.05, 3.63) is 99.6 Å². The van der Waals surface area contributed by atoms with E-state index < -0.39 is 10.8 Å². The molecule has 7 nitrogen and oxygen atoms in total. The second-order valence-corrected chi connectivity index (χ2v) is 8.12. The number of hydrogen-bond donors (Lipinski definition) is 2. The van der Waals surface area contributed by atoms with Gasteiger partial charge in [0.05, 0.1) is 4.92 Å². The minimum atomic E-state index is -0.551. The van der Waals surface area contributed by atoms with Crippen molar-refractivity contribution in [2.75, 3.05) is 10.6 Å². The van der Waals surface area contributed by atoms with Gasteiger partial charge in [0.15, 0.2) is 0 Å². The van der Waals surface area contributed by atoms with Crippen molar-refractivity contribution in [1.29, 1.82) is 0 Å². The number of nitrogens with zero attached hydrogens (tertiary/aromatic N) is 1. The van der Waals surface area contributed by atoms with Crippen LogP contribution in [0.15, 0.2) is 72.8 Å². The van der Waals surface area contributed by atoms with Gasteiger partial charge in [-0.3, -0.25) is 19.7 Å². The number of amides is 2. The summed E-state index contributed by atoms with van der Waals surface area (Å²) in [6, 6.07) is 19.6. The summed E-state index contributed by atoms with van der Waals surface area (Å²) in [6.07, 6.45) is 0. The third kappa shape index (κ3) is 5.54. The number of rotatable bonds is 5. The average molecular weight is 417 g/mol. The number of benzene rings is 3. The van der Waals surface area contributed by atoms with Crippen molar-refractivity contribution in [2.45, 2.75) is 26.2 Å². The van der Waals surface area contributed by atoms with Crippen LogP contribution in [0.3, 0.4) is 0 Å². The van der Waals surface area contributed by atoms with Crippen LogP contribution >= 0.6 is 0 Å². The molecule has 0 bridgehead atoms. The second-order valence-electron chi connectivity index (χ2n) is 8.12. The van der Waals surface area contributed by atoms with Crippen LogP contribution in [0.2, 0.25) is 0 Å². The number of nitro benzene ring substituents is 1. The molecule has 0 aromatic heterocycles. The van der Waals surface area contributed by atoms with E-state index in [1.807, 2.05) is 12.1 Å². The van der Waals surface area contributed by atoms with Gasteiger partial charge in [0.1, 0.15) is 0 Å². The molecule has 2 amide bonds. The SMILES string of the molecule is CC(C)(C)c1ccc(C(=O)Nc2ccc(NC(=O)c3cccc([N+](=O)[O-])c3)cc2)cc1. The number of hydrogen-bond acceptors (Lipinski definition) is 4. The number of nitro groups is 1. The second kappa shape index (κ2) is 8.79. The number of carbonyl (C=O) groups excluding carboxylic acids is 2. The van der Waals surface area contributed by atoms with Crippen molar-refractivity contribution in [3.8, 4) is 0 Å².